The number of carbonyl (C=O) groups is 3. The molecule has 0 radical (unpaired) electrons. The molecule has 16 heavy (non-hydrogen) atoms. The fourth-order valence-corrected chi connectivity index (χ4v) is 1.41. The van der Waals surface area contributed by atoms with E-state index in [4.69, 9.17) is 5.11 Å². The van der Waals surface area contributed by atoms with E-state index < -0.39 is 17.9 Å². The van der Waals surface area contributed by atoms with E-state index in [1.807, 2.05) is 6.26 Å². The molecule has 0 aromatic rings. The fraction of sp³-hybridized carbons (Fsp3) is 0.667. The monoisotopic (exact) mass is 248 g/mol. The summed E-state index contributed by atoms with van der Waals surface area (Å²) in [4.78, 5) is 32.5. The summed E-state index contributed by atoms with van der Waals surface area (Å²) in [6, 6.07) is -0.895. The second-order valence-electron chi connectivity index (χ2n) is 3.15. The van der Waals surface area contributed by atoms with Crippen molar-refractivity contribution < 1.29 is 19.5 Å². The Balaban J connectivity index is 4.02. The first-order valence-electron chi connectivity index (χ1n) is 4.73. The molecule has 0 aromatic heterocycles. The van der Waals surface area contributed by atoms with Gasteiger partial charge in [-0.05, 0) is 18.4 Å². The number of thioether (sulfide) groups is 1. The van der Waals surface area contributed by atoms with Gasteiger partial charge in [-0.15, -0.1) is 0 Å². The quantitative estimate of drug-likeness (QED) is 0.561. The second-order valence-corrected chi connectivity index (χ2v) is 4.14. The van der Waals surface area contributed by atoms with Crippen molar-refractivity contribution in [2.45, 2.75) is 19.4 Å². The van der Waals surface area contributed by atoms with Crippen LogP contribution < -0.4 is 10.6 Å². The molecule has 7 heteroatoms. The molecule has 0 heterocycles. The highest BCUT2D eigenvalue weighted by Crippen LogP contribution is 2.00. The highest BCUT2D eigenvalue weighted by atomic mass is 32.2. The first-order valence-corrected chi connectivity index (χ1v) is 6.12. The Morgan fingerprint density at radius 2 is 2.00 bits per heavy atom. The topological polar surface area (TPSA) is 95.5 Å². The molecule has 2 amide bonds. The number of nitrogens with one attached hydrogen (secondary N) is 2. The number of hydrogen-bond acceptors (Lipinski definition) is 4. The zero-order valence-electron chi connectivity index (χ0n) is 9.28. The van der Waals surface area contributed by atoms with E-state index in [0.29, 0.717) is 12.2 Å². The van der Waals surface area contributed by atoms with Crippen molar-refractivity contribution in [3.8, 4) is 0 Å². The van der Waals surface area contributed by atoms with Crippen molar-refractivity contribution >= 4 is 29.5 Å². The summed E-state index contributed by atoms with van der Waals surface area (Å²) in [5.74, 6) is -1.24. The number of carboxylic acids is 1. The normalized spacial score (nSPS) is 11.6. The summed E-state index contributed by atoms with van der Waals surface area (Å²) in [5.41, 5.74) is 0. The van der Waals surface area contributed by atoms with Crippen molar-refractivity contribution in [2.24, 2.45) is 0 Å². The lowest BCUT2D eigenvalue weighted by molar-refractivity contribution is -0.141. The van der Waals surface area contributed by atoms with Crippen LogP contribution in [0.25, 0.3) is 0 Å². The van der Waals surface area contributed by atoms with Gasteiger partial charge in [-0.25, -0.2) is 4.79 Å². The van der Waals surface area contributed by atoms with Crippen LogP contribution in [0, 0.1) is 0 Å². The number of rotatable bonds is 7. The number of hydrogen-bond donors (Lipinski definition) is 3. The largest absolute Gasteiger partial charge is 0.480 e. The molecule has 0 unspecified atom stereocenters. The molecule has 0 aromatic carbocycles. The van der Waals surface area contributed by atoms with Gasteiger partial charge >= 0.3 is 5.97 Å². The zero-order valence-corrected chi connectivity index (χ0v) is 10.1. The molecule has 1 atom stereocenters. The predicted molar refractivity (Wildman–Crippen MR) is 61.2 cm³/mol. The fourth-order valence-electron chi connectivity index (χ4n) is 0.943. The van der Waals surface area contributed by atoms with Crippen LogP contribution in [-0.2, 0) is 14.4 Å². The van der Waals surface area contributed by atoms with Gasteiger partial charge in [-0.3, -0.25) is 9.59 Å². The minimum atomic E-state index is -1.06. The Hall–Kier alpha value is -1.24. The molecule has 3 N–H and O–H groups in total. The first-order chi connectivity index (χ1) is 7.47. The highest BCUT2D eigenvalue weighted by molar-refractivity contribution is 7.98. The lowest BCUT2D eigenvalue weighted by atomic mass is 10.2. The van der Waals surface area contributed by atoms with E-state index in [1.165, 1.54) is 18.7 Å². The molecule has 0 aliphatic rings. The molecule has 92 valence electrons. The minimum Gasteiger partial charge on any atom is -0.480 e. The third-order valence-electron chi connectivity index (χ3n) is 1.74. The molecule has 0 aliphatic heterocycles. The summed E-state index contributed by atoms with van der Waals surface area (Å²) >= 11 is 1.51. The third kappa shape index (κ3) is 7.10. The van der Waals surface area contributed by atoms with E-state index >= 15 is 0 Å². The van der Waals surface area contributed by atoms with Gasteiger partial charge in [0.25, 0.3) is 0 Å². The van der Waals surface area contributed by atoms with Crippen LogP contribution in [0.2, 0.25) is 0 Å². The van der Waals surface area contributed by atoms with E-state index in [1.54, 1.807) is 0 Å². The smallest absolute Gasteiger partial charge is 0.326 e. The van der Waals surface area contributed by atoms with Crippen molar-refractivity contribution in [1.29, 1.82) is 0 Å². The summed E-state index contributed by atoms with van der Waals surface area (Å²) < 4.78 is 0. The van der Waals surface area contributed by atoms with Crippen molar-refractivity contribution in [3.63, 3.8) is 0 Å². The lowest BCUT2D eigenvalue weighted by Gasteiger charge is -2.13. The summed E-state index contributed by atoms with van der Waals surface area (Å²) in [6.45, 7) is 1.09. The number of carboxylic acid groups (broad SMARTS) is 1. The third-order valence-corrected chi connectivity index (χ3v) is 2.39. The van der Waals surface area contributed by atoms with Crippen LogP contribution in [0.5, 0.6) is 0 Å². The van der Waals surface area contributed by atoms with Crippen LogP contribution in [-0.4, -0.2) is 47.5 Å². The number of carbonyl (C=O) groups excluding carboxylic acids is 2. The molecule has 0 fully saturated rings. The van der Waals surface area contributed by atoms with Crippen LogP contribution in [0.1, 0.15) is 13.3 Å². The van der Waals surface area contributed by atoms with Crippen molar-refractivity contribution in [1.82, 2.24) is 10.6 Å². The first kappa shape index (κ1) is 14.8. The molecular formula is C9H16N2O4S. The van der Waals surface area contributed by atoms with Gasteiger partial charge in [-0.2, -0.15) is 11.8 Å². The van der Waals surface area contributed by atoms with E-state index in [0.717, 1.165) is 0 Å². The maximum atomic E-state index is 11.2. The molecule has 0 saturated heterocycles. The number of aliphatic carboxylic acids is 1. The predicted octanol–water partition coefficient (Wildman–Crippen LogP) is -0.555. The van der Waals surface area contributed by atoms with Gasteiger partial charge in [-0.1, -0.05) is 0 Å². The molecule has 6 nitrogen and oxygen atoms in total. The van der Waals surface area contributed by atoms with Gasteiger partial charge in [0.1, 0.15) is 6.04 Å². The lowest BCUT2D eigenvalue weighted by Crippen LogP contribution is -2.45. The molecule has 0 bridgehead atoms. The minimum absolute atomic E-state index is 0.196. The Labute approximate surface area is 98.2 Å². The maximum absolute atomic E-state index is 11.2. The maximum Gasteiger partial charge on any atom is 0.326 e. The molecular weight excluding hydrogens is 232 g/mol. The van der Waals surface area contributed by atoms with Crippen LogP contribution in [0.3, 0.4) is 0 Å². The highest BCUT2D eigenvalue weighted by Gasteiger charge is 2.18. The van der Waals surface area contributed by atoms with Crippen molar-refractivity contribution in [3.05, 3.63) is 0 Å². The molecule has 0 rings (SSSR count). The summed E-state index contributed by atoms with van der Waals surface area (Å²) in [7, 11) is 0. The van der Waals surface area contributed by atoms with Crippen LogP contribution in [0.15, 0.2) is 0 Å². The molecule has 0 saturated carbocycles. The standard InChI is InChI=1S/C9H16N2O4S/c1-6(12)10-5-8(13)11-7(9(14)15)3-4-16-2/h7H,3-5H2,1-2H3,(H,10,12)(H,11,13)(H,14,15)/t7-/m1/s1. The van der Waals surface area contributed by atoms with E-state index in [2.05, 4.69) is 10.6 Å². The average Bonchev–Trinajstić information content (AvgIpc) is 2.20. The van der Waals surface area contributed by atoms with Crippen LogP contribution in [0.4, 0.5) is 0 Å². The Morgan fingerprint density at radius 3 is 2.44 bits per heavy atom. The van der Waals surface area contributed by atoms with Gasteiger partial charge in [0.05, 0.1) is 6.54 Å². The van der Waals surface area contributed by atoms with Crippen LogP contribution >= 0.6 is 11.8 Å². The summed E-state index contributed by atoms with van der Waals surface area (Å²) in [6.07, 6.45) is 2.22. The Bertz CT molecular complexity index is 270. The Morgan fingerprint density at radius 1 is 1.38 bits per heavy atom. The summed E-state index contributed by atoms with van der Waals surface area (Å²) in [5, 5.41) is 13.5. The van der Waals surface area contributed by atoms with Crippen molar-refractivity contribution in [2.75, 3.05) is 18.6 Å². The van der Waals surface area contributed by atoms with Gasteiger partial charge < -0.3 is 15.7 Å². The SMILES string of the molecule is CSCC[C@@H](NC(=O)CNC(C)=O)C(=O)O. The zero-order chi connectivity index (χ0) is 12.6. The van der Waals surface area contributed by atoms with Gasteiger partial charge in [0.15, 0.2) is 0 Å². The Kier molecular flexibility index (Phi) is 7.36. The van der Waals surface area contributed by atoms with Gasteiger partial charge in [0.2, 0.25) is 11.8 Å². The average molecular weight is 248 g/mol. The van der Waals surface area contributed by atoms with Gasteiger partial charge in [0, 0.05) is 6.92 Å². The number of amides is 2. The molecule has 0 aliphatic carbocycles. The van der Waals surface area contributed by atoms with E-state index in [9.17, 15) is 14.4 Å². The second kappa shape index (κ2) is 7.98. The van der Waals surface area contributed by atoms with E-state index in [-0.39, 0.29) is 12.5 Å². The molecule has 0 spiro atoms.